The van der Waals surface area contributed by atoms with Gasteiger partial charge in [0, 0.05) is 13.1 Å². The van der Waals surface area contributed by atoms with E-state index >= 15 is 0 Å². The third-order valence-electron chi connectivity index (χ3n) is 4.41. The number of carbonyl (C=O) groups excluding carboxylic acids is 1. The Hall–Kier alpha value is -1.71. The molecule has 0 heterocycles. The number of para-hydroxylation sites is 1. The van der Waals surface area contributed by atoms with Gasteiger partial charge in [-0.15, -0.1) is 0 Å². The van der Waals surface area contributed by atoms with E-state index in [1.54, 1.807) is 13.0 Å². The van der Waals surface area contributed by atoms with Crippen LogP contribution in [0.4, 0.5) is 11.4 Å². The number of nitrogen functional groups attached to an aromatic ring is 1. The summed E-state index contributed by atoms with van der Waals surface area (Å²) in [5.41, 5.74) is 8.13. The zero-order valence-electron chi connectivity index (χ0n) is 13.3. The van der Waals surface area contributed by atoms with Crippen molar-refractivity contribution in [1.82, 2.24) is 0 Å². The number of hydrogen-bond donors (Lipinski definition) is 1. The average molecular weight is 290 g/mol. The molecule has 1 aliphatic carbocycles. The summed E-state index contributed by atoms with van der Waals surface area (Å²) >= 11 is 0. The minimum atomic E-state index is -0.345. The van der Waals surface area contributed by atoms with Crippen LogP contribution >= 0.6 is 0 Å². The molecule has 1 aliphatic rings. The molecule has 1 fully saturated rings. The van der Waals surface area contributed by atoms with E-state index < -0.39 is 0 Å². The first-order chi connectivity index (χ1) is 10.0. The van der Waals surface area contributed by atoms with Gasteiger partial charge in [0.15, 0.2) is 0 Å². The Bertz CT molecular complexity index is 502. The third kappa shape index (κ3) is 3.49. The van der Waals surface area contributed by atoms with E-state index in [1.807, 2.05) is 12.1 Å². The smallest absolute Gasteiger partial charge is 0.340 e. The number of nitrogens with two attached hydrogens (primary N) is 1. The highest BCUT2D eigenvalue weighted by molar-refractivity contribution is 5.98. The number of hydrogen-bond acceptors (Lipinski definition) is 4. The minimum absolute atomic E-state index is 0.345. The summed E-state index contributed by atoms with van der Waals surface area (Å²) in [6.07, 6.45) is 4.93. The van der Waals surface area contributed by atoms with Gasteiger partial charge in [0.1, 0.15) is 0 Å². The van der Waals surface area contributed by atoms with Gasteiger partial charge < -0.3 is 15.4 Å². The van der Waals surface area contributed by atoms with Crippen molar-refractivity contribution in [3.05, 3.63) is 23.8 Å². The van der Waals surface area contributed by atoms with Crippen LogP contribution in [0.5, 0.6) is 0 Å². The van der Waals surface area contributed by atoms with Crippen molar-refractivity contribution in [2.45, 2.75) is 45.6 Å². The Balaban J connectivity index is 2.23. The second kappa shape index (κ2) is 6.83. The molecule has 0 spiro atoms. The summed E-state index contributed by atoms with van der Waals surface area (Å²) in [5.74, 6) is 0.405. The second-order valence-corrected chi connectivity index (χ2v) is 6.00. The lowest BCUT2D eigenvalue weighted by Gasteiger charge is -2.36. The summed E-state index contributed by atoms with van der Waals surface area (Å²) in [4.78, 5) is 14.2. The van der Waals surface area contributed by atoms with Crippen LogP contribution in [0, 0.1) is 5.92 Å². The molecule has 0 radical (unpaired) electrons. The molecule has 0 aliphatic heterocycles. The standard InChI is InChI=1S/C17H26N2O2/c1-4-21-17(20)14-9-6-10-15(16(14)18)19(3)13-8-5-7-12(2)11-13/h6,9-10,12-13H,4-5,7-8,11,18H2,1-3H3. The molecule has 0 saturated heterocycles. The predicted molar refractivity (Wildman–Crippen MR) is 86.6 cm³/mol. The molecular formula is C17H26N2O2. The third-order valence-corrected chi connectivity index (χ3v) is 4.41. The number of rotatable bonds is 4. The number of carbonyl (C=O) groups is 1. The van der Waals surface area contributed by atoms with E-state index in [1.165, 1.54) is 25.7 Å². The van der Waals surface area contributed by atoms with Crippen LogP contribution in [0.2, 0.25) is 0 Å². The van der Waals surface area contributed by atoms with E-state index in [9.17, 15) is 4.79 Å². The quantitative estimate of drug-likeness (QED) is 0.681. The van der Waals surface area contributed by atoms with Gasteiger partial charge in [0.25, 0.3) is 0 Å². The first kappa shape index (κ1) is 15.7. The Labute approximate surface area is 127 Å². The van der Waals surface area contributed by atoms with Gasteiger partial charge in [-0.1, -0.05) is 25.8 Å². The highest BCUT2D eigenvalue weighted by Crippen LogP contribution is 2.33. The molecule has 4 heteroatoms. The molecule has 21 heavy (non-hydrogen) atoms. The van der Waals surface area contributed by atoms with Gasteiger partial charge in [0.2, 0.25) is 0 Å². The molecule has 116 valence electrons. The topological polar surface area (TPSA) is 55.6 Å². The van der Waals surface area contributed by atoms with Gasteiger partial charge in [-0.25, -0.2) is 4.79 Å². The number of nitrogens with zero attached hydrogens (tertiary/aromatic N) is 1. The summed E-state index contributed by atoms with van der Waals surface area (Å²) in [5, 5.41) is 0. The zero-order valence-corrected chi connectivity index (χ0v) is 13.3. The molecule has 0 aromatic heterocycles. The largest absolute Gasteiger partial charge is 0.462 e. The normalized spacial score (nSPS) is 21.9. The van der Waals surface area contributed by atoms with Crippen LogP contribution < -0.4 is 10.6 Å². The van der Waals surface area contributed by atoms with E-state index in [0.29, 0.717) is 23.9 Å². The van der Waals surface area contributed by atoms with Gasteiger partial charge in [-0.2, -0.15) is 0 Å². The minimum Gasteiger partial charge on any atom is -0.462 e. The molecule has 2 atom stereocenters. The van der Waals surface area contributed by atoms with Crippen LogP contribution in [-0.2, 0) is 4.74 Å². The zero-order chi connectivity index (χ0) is 15.4. The number of anilines is 2. The molecule has 1 saturated carbocycles. The van der Waals surface area contributed by atoms with Crippen LogP contribution in [-0.4, -0.2) is 25.7 Å². The maximum absolute atomic E-state index is 11.9. The first-order valence-electron chi connectivity index (χ1n) is 7.83. The van der Waals surface area contributed by atoms with Crippen molar-refractivity contribution in [1.29, 1.82) is 0 Å². The SMILES string of the molecule is CCOC(=O)c1cccc(N(C)C2CCCC(C)C2)c1N. The molecule has 0 amide bonds. The summed E-state index contributed by atoms with van der Waals surface area (Å²) in [6, 6.07) is 6.08. The fraction of sp³-hybridized carbons (Fsp3) is 0.588. The van der Waals surface area contributed by atoms with Gasteiger partial charge >= 0.3 is 5.97 Å². The second-order valence-electron chi connectivity index (χ2n) is 6.00. The molecular weight excluding hydrogens is 264 g/mol. The maximum atomic E-state index is 11.9. The van der Waals surface area contributed by atoms with Crippen molar-refractivity contribution >= 4 is 17.3 Å². The van der Waals surface area contributed by atoms with Crippen LogP contribution in [0.25, 0.3) is 0 Å². The van der Waals surface area contributed by atoms with Crippen LogP contribution in [0.1, 0.15) is 49.9 Å². The Morgan fingerprint density at radius 2 is 2.19 bits per heavy atom. The van der Waals surface area contributed by atoms with Crippen LogP contribution in [0.3, 0.4) is 0 Å². The monoisotopic (exact) mass is 290 g/mol. The first-order valence-corrected chi connectivity index (χ1v) is 7.83. The number of esters is 1. The van der Waals surface area contributed by atoms with Crippen molar-refractivity contribution in [3.63, 3.8) is 0 Å². The fourth-order valence-electron chi connectivity index (χ4n) is 3.20. The highest BCUT2D eigenvalue weighted by Gasteiger charge is 2.25. The summed E-state index contributed by atoms with van der Waals surface area (Å²) < 4.78 is 5.07. The van der Waals surface area contributed by atoms with E-state index in [-0.39, 0.29) is 5.97 Å². The Kier molecular flexibility index (Phi) is 5.10. The molecule has 2 unspecified atom stereocenters. The molecule has 4 nitrogen and oxygen atoms in total. The fourth-order valence-corrected chi connectivity index (χ4v) is 3.20. The van der Waals surface area contributed by atoms with Gasteiger partial charge in [-0.05, 0) is 37.8 Å². The molecule has 1 aromatic rings. The number of ether oxygens (including phenoxy) is 1. The van der Waals surface area contributed by atoms with Crippen LogP contribution in [0.15, 0.2) is 18.2 Å². The van der Waals surface area contributed by atoms with Crippen molar-refractivity contribution < 1.29 is 9.53 Å². The Morgan fingerprint density at radius 1 is 1.43 bits per heavy atom. The van der Waals surface area contributed by atoms with Gasteiger partial charge in [-0.3, -0.25) is 0 Å². The van der Waals surface area contributed by atoms with E-state index in [4.69, 9.17) is 10.5 Å². The van der Waals surface area contributed by atoms with Crippen molar-refractivity contribution in [2.24, 2.45) is 5.92 Å². The maximum Gasteiger partial charge on any atom is 0.340 e. The molecule has 2 rings (SSSR count). The summed E-state index contributed by atoms with van der Waals surface area (Å²) in [7, 11) is 2.07. The van der Waals surface area contributed by atoms with E-state index in [2.05, 4.69) is 18.9 Å². The molecule has 1 aromatic carbocycles. The highest BCUT2D eigenvalue weighted by atomic mass is 16.5. The lowest BCUT2D eigenvalue weighted by atomic mass is 9.86. The lowest BCUT2D eigenvalue weighted by Crippen LogP contribution is -2.36. The number of benzene rings is 1. The molecule has 0 bridgehead atoms. The molecule has 2 N–H and O–H groups in total. The van der Waals surface area contributed by atoms with Crippen molar-refractivity contribution in [3.8, 4) is 0 Å². The Morgan fingerprint density at radius 3 is 2.86 bits per heavy atom. The van der Waals surface area contributed by atoms with Crippen molar-refractivity contribution in [2.75, 3.05) is 24.3 Å². The van der Waals surface area contributed by atoms with E-state index in [0.717, 1.165) is 11.6 Å². The van der Waals surface area contributed by atoms with Gasteiger partial charge in [0.05, 0.1) is 23.5 Å². The summed E-state index contributed by atoms with van der Waals surface area (Å²) in [6.45, 7) is 4.46. The lowest BCUT2D eigenvalue weighted by molar-refractivity contribution is 0.0527. The average Bonchev–Trinajstić information content (AvgIpc) is 2.47. The predicted octanol–water partition coefficient (Wildman–Crippen LogP) is 3.46.